The van der Waals surface area contributed by atoms with E-state index in [0.29, 0.717) is 31.0 Å². The third-order valence-electron chi connectivity index (χ3n) is 9.41. The summed E-state index contributed by atoms with van der Waals surface area (Å²) < 4.78 is 15.0. The van der Waals surface area contributed by atoms with E-state index in [0.717, 1.165) is 42.1 Å². The van der Waals surface area contributed by atoms with E-state index in [1.54, 1.807) is 24.0 Å². The second-order valence-electron chi connectivity index (χ2n) is 12.5. The zero-order valence-corrected chi connectivity index (χ0v) is 24.8. The normalized spacial score (nSPS) is 23.3. The maximum Gasteiger partial charge on any atom is 0.257 e. The fraction of sp³-hybridized carbons (Fsp3) is 0.389. The molecule has 0 bridgehead atoms. The van der Waals surface area contributed by atoms with Crippen molar-refractivity contribution in [2.75, 3.05) is 17.2 Å². The standard InChI is InChI=1S/C36H40FN3O2/c1-22-9-15-28(20-22)38-27-16-13-26(14-17-27)34-30(35(41)39-29-18-12-25-11-10-23(2)31(25)21-29)7-5-19-40(34)36(42)33-24(3)6-4-8-32(33)37/h4,6,8,10,12-14,16-18,21-22,28,30,34,38H,5,7,9,11,15,19-20H2,1-3H3,(H,39,41)/t22?,28?,30-,34-/m0/s1. The monoisotopic (exact) mass is 565 g/mol. The number of piperidine rings is 1. The van der Waals surface area contributed by atoms with Crippen LogP contribution in [0.3, 0.4) is 0 Å². The van der Waals surface area contributed by atoms with Gasteiger partial charge < -0.3 is 15.5 Å². The van der Waals surface area contributed by atoms with Crippen molar-refractivity contribution in [3.05, 3.63) is 100 Å². The number of hydrogen-bond acceptors (Lipinski definition) is 3. The molecule has 1 saturated heterocycles. The van der Waals surface area contributed by atoms with Gasteiger partial charge in [-0.15, -0.1) is 0 Å². The highest BCUT2D eigenvalue weighted by Crippen LogP contribution is 2.39. The molecule has 3 aromatic carbocycles. The molecule has 6 rings (SSSR count). The first-order valence-electron chi connectivity index (χ1n) is 15.3. The number of amides is 2. The fourth-order valence-electron chi connectivity index (χ4n) is 7.11. The summed E-state index contributed by atoms with van der Waals surface area (Å²) in [6.45, 7) is 6.61. The van der Waals surface area contributed by atoms with Crippen LogP contribution in [0.5, 0.6) is 0 Å². The maximum atomic E-state index is 15.0. The molecule has 42 heavy (non-hydrogen) atoms. The molecule has 2 unspecified atom stereocenters. The van der Waals surface area contributed by atoms with Crippen LogP contribution in [0.2, 0.25) is 0 Å². The van der Waals surface area contributed by atoms with Crippen LogP contribution in [0.4, 0.5) is 15.8 Å². The fourth-order valence-corrected chi connectivity index (χ4v) is 7.11. The maximum absolute atomic E-state index is 15.0. The number of likely N-dealkylation sites (tertiary alicyclic amines) is 1. The Morgan fingerprint density at radius 2 is 1.74 bits per heavy atom. The number of allylic oxidation sites excluding steroid dienone is 2. The molecule has 1 saturated carbocycles. The summed E-state index contributed by atoms with van der Waals surface area (Å²) in [6.07, 6.45) is 7.98. The summed E-state index contributed by atoms with van der Waals surface area (Å²) in [5.41, 5.74) is 7.00. The summed E-state index contributed by atoms with van der Waals surface area (Å²) in [7, 11) is 0. The van der Waals surface area contributed by atoms with E-state index in [1.165, 1.54) is 29.2 Å². The van der Waals surface area contributed by atoms with Gasteiger partial charge >= 0.3 is 0 Å². The lowest BCUT2D eigenvalue weighted by molar-refractivity contribution is -0.123. The van der Waals surface area contributed by atoms with E-state index >= 15 is 4.39 Å². The second-order valence-corrected chi connectivity index (χ2v) is 12.5. The Morgan fingerprint density at radius 3 is 2.48 bits per heavy atom. The quantitative estimate of drug-likeness (QED) is 0.319. The number of carbonyl (C=O) groups excluding carboxylic acids is 2. The molecule has 3 aromatic rings. The average molecular weight is 566 g/mol. The van der Waals surface area contributed by atoms with Crippen LogP contribution in [0, 0.1) is 24.6 Å². The van der Waals surface area contributed by atoms with Crippen molar-refractivity contribution in [2.45, 2.75) is 71.4 Å². The molecule has 5 nitrogen and oxygen atoms in total. The van der Waals surface area contributed by atoms with Crippen LogP contribution in [-0.2, 0) is 11.2 Å². The largest absolute Gasteiger partial charge is 0.382 e. The molecule has 0 aromatic heterocycles. The van der Waals surface area contributed by atoms with E-state index in [2.05, 4.69) is 48.8 Å². The van der Waals surface area contributed by atoms with Crippen molar-refractivity contribution in [3.8, 4) is 0 Å². The first-order valence-corrected chi connectivity index (χ1v) is 15.3. The van der Waals surface area contributed by atoms with Gasteiger partial charge in [-0.3, -0.25) is 9.59 Å². The van der Waals surface area contributed by atoms with Gasteiger partial charge in [0.05, 0.1) is 17.5 Å². The zero-order chi connectivity index (χ0) is 29.4. The molecule has 4 atom stereocenters. The number of hydrogen-bond donors (Lipinski definition) is 2. The van der Waals surface area contributed by atoms with Crippen LogP contribution < -0.4 is 10.6 Å². The van der Waals surface area contributed by atoms with E-state index in [4.69, 9.17) is 0 Å². The molecule has 218 valence electrons. The Balaban J connectivity index is 1.31. The highest BCUT2D eigenvalue weighted by molar-refractivity contribution is 5.98. The smallest absolute Gasteiger partial charge is 0.257 e. The molecule has 0 radical (unpaired) electrons. The van der Waals surface area contributed by atoms with Gasteiger partial charge in [0.2, 0.25) is 5.91 Å². The zero-order valence-electron chi connectivity index (χ0n) is 24.8. The Kier molecular flexibility index (Phi) is 7.89. The van der Waals surface area contributed by atoms with Crippen molar-refractivity contribution >= 4 is 28.8 Å². The second kappa shape index (κ2) is 11.7. The van der Waals surface area contributed by atoms with Crippen LogP contribution in [0.25, 0.3) is 5.57 Å². The van der Waals surface area contributed by atoms with Gasteiger partial charge in [0.1, 0.15) is 5.82 Å². The third kappa shape index (κ3) is 5.59. The molecule has 2 fully saturated rings. The molecule has 0 spiro atoms. The summed E-state index contributed by atoms with van der Waals surface area (Å²) in [4.78, 5) is 29.6. The number of anilines is 2. The van der Waals surface area contributed by atoms with Gasteiger partial charge in [0, 0.05) is 24.0 Å². The number of nitrogens with one attached hydrogen (secondary N) is 2. The van der Waals surface area contributed by atoms with Crippen molar-refractivity contribution < 1.29 is 14.0 Å². The molecule has 2 amide bonds. The van der Waals surface area contributed by atoms with Gasteiger partial charge in [-0.2, -0.15) is 0 Å². The van der Waals surface area contributed by atoms with E-state index in [1.807, 2.05) is 24.3 Å². The summed E-state index contributed by atoms with van der Waals surface area (Å²) in [6, 6.07) is 18.9. The summed E-state index contributed by atoms with van der Waals surface area (Å²) >= 11 is 0. The lowest BCUT2D eigenvalue weighted by Crippen LogP contribution is -2.46. The third-order valence-corrected chi connectivity index (χ3v) is 9.41. The number of benzene rings is 3. The van der Waals surface area contributed by atoms with Crippen molar-refractivity contribution in [1.29, 1.82) is 0 Å². The van der Waals surface area contributed by atoms with Crippen LogP contribution >= 0.6 is 0 Å². The molecular weight excluding hydrogens is 525 g/mol. The molecule has 3 aliphatic rings. The first-order chi connectivity index (χ1) is 20.3. The molecule has 6 heteroatoms. The minimum absolute atomic E-state index is 0.0816. The number of aryl methyl sites for hydroxylation is 1. The Morgan fingerprint density at radius 1 is 0.952 bits per heavy atom. The van der Waals surface area contributed by atoms with Crippen molar-refractivity contribution in [3.63, 3.8) is 0 Å². The summed E-state index contributed by atoms with van der Waals surface area (Å²) in [5, 5.41) is 6.81. The van der Waals surface area contributed by atoms with Crippen LogP contribution in [0.15, 0.2) is 66.7 Å². The number of halogens is 1. The number of nitrogens with zero attached hydrogens (tertiary/aromatic N) is 1. The predicted molar refractivity (Wildman–Crippen MR) is 167 cm³/mol. The SMILES string of the molecule is CC1=CCc2ccc(NC(=O)[C@H]3CCCN(C(=O)c4c(C)cccc4F)[C@H]3c3ccc(NC4CCC(C)C4)cc3)cc21. The first kappa shape index (κ1) is 28.2. The van der Waals surface area contributed by atoms with Crippen molar-refractivity contribution in [2.24, 2.45) is 11.8 Å². The highest BCUT2D eigenvalue weighted by Gasteiger charge is 2.40. The Bertz CT molecular complexity index is 1510. The van der Waals surface area contributed by atoms with Crippen LogP contribution in [-0.4, -0.2) is 29.3 Å². The topological polar surface area (TPSA) is 61.4 Å². The number of rotatable bonds is 6. The molecule has 1 aliphatic heterocycles. The van der Waals surface area contributed by atoms with Crippen molar-refractivity contribution in [1.82, 2.24) is 4.90 Å². The minimum Gasteiger partial charge on any atom is -0.382 e. The average Bonchev–Trinajstić information content (AvgIpc) is 3.57. The molecular formula is C36H40FN3O2. The van der Waals surface area contributed by atoms with Gasteiger partial charge in [-0.05, 0) is 116 Å². The lowest BCUT2D eigenvalue weighted by atomic mass is 9.83. The Labute approximate surface area is 248 Å². The molecule has 2 aliphatic carbocycles. The van der Waals surface area contributed by atoms with Crippen LogP contribution in [0.1, 0.15) is 84.6 Å². The molecule has 1 heterocycles. The highest BCUT2D eigenvalue weighted by atomic mass is 19.1. The number of fused-ring (bicyclic) bond motifs is 1. The Hall–Kier alpha value is -3.93. The van der Waals surface area contributed by atoms with Gasteiger partial charge in [-0.1, -0.05) is 43.3 Å². The van der Waals surface area contributed by atoms with Gasteiger partial charge in [-0.25, -0.2) is 4.39 Å². The van der Waals surface area contributed by atoms with E-state index in [-0.39, 0.29) is 17.4 Å². The van der Waals surface area contributed by atoms with Gasteiger partial charge in [0.25, 0.3) is 5.91 Å². The number of carbonyl (C=O) groups is 2. The molecule has 2 N–H and O–H groups in total. The lowest BCUT2D eigenvalue weighted by Gasteiger charge is -2.41. The minimum atomic E-state index is -0.530. The van der Waals surface area contributed by atoms with E-state index < -0.39 is 17.8 Å². The van der Waals surface area contributed by atoms with E-state index in [9.17, 15) is 9.59 Å². The predicted octanol–water partition coefficient (Wildman–Crippen LogP) is 7.93. The summed E-state index contributed by atoms with van der Waals surface area (Å²) in [5.74, 6) is -0.764. The van der Waals surface area contributed by atoms with Gasteiger partial charge in [0.15, 0.2) is 0 Å².